The molecule has 4 heteroatoms. The molecule has 0 heterocycles. The third-order valence-corrected chi connectivity index (χ3v) is 4.97. The van der Waals surface area contributed by atoms with Crippen LogP contribution in [0.1, 0.15) is 39.3 Å². The summed E-state index contributed by atoms with van der Waals surface area (Å²) in [7, 11) is 0. The van der Waals surface area contributed by atoms with Gasteiger partial charge in [0.25, 0.3) is 0 Å². The molecule has 0 bridgehead atoms. The molecule has 0 aromatic heterocycles. The van der Waals surface area contributed by atoms with E-state index < -0.39 is 11.7 Å². The van der Waals surface area contributed by atoms with Gasteiger partial charge in [0, 0.05) is 10.8 Å². The van der Waals surface area contributed by atoms with Gasteiger partial charge in [-0.05, 0) is 43.4 Å². The number of benzene rings is 2. The minimum atomic E-state index is -0.537. The Hall–Kier alpha value is -2.20. The normalized spacial score (nSPS) is 13.5. The Labute approximate surface area is 160 Å². The molecule has 138 valence electrons. The number of hydrogen-bond donors (Lipinski definition) is 1. The van der Waals surface area contributed by atoms with Crippen LogP contribution >= 0.6 is 11.8 Å². The fraction of sp³-hybridized carbons (Fsp3) is 0.318. The van der Waals surface area contributed by atoms with Crippen LogP contribution in [0.2, 0.25) is 0 Å². The second-order valence-corrected chi connectivity index (χ2v) is 8.40. The second kappa shape index (κ2) is 8.95. The summed E-state index contributed by atoms with van der Waals surface area (Å²) in [5.41, 5.74) is 0.491. The summed E-state index contributed by atoms with van der Waals surface area (Å²) in [5, 5.41) is 3.02. The maximum atomic E-state index is 12.4. The lowest BCUT2D eigenvalue weighted by atomic mass is 9.94. The Bertz CT molecular complexity index is 723. The minimum Gasteiger partial charge on any atom is -0.444 e. The van der Waals surface area contributed by atoms with Crippen LogP contribution in [0.15, 0.2) is 77.0 Å². The van der Waals surface area contributed by atoms with Gasteiger partial charge < -0.3 is 10.1 Å². The summed E-state index contributed by atoms with van der Waals surface area (Å²) < 4.78 is 5.45. The largest absolute Gasteiger partial charge is 0.444 e. The molecule has 0 aliphatic carbocycles. The molecule has 2 atom stereocenters. The van der Waals surface area contributed by atoms with Gasteiger partial charge in [-0.15, -0.1) is 0 Å². The molecular formula is C22H27NO2S. The van der Waals surface area contributed by atoms with Crippen molar-refractivity contribution < 1.29 is 9.53 Å². The van der Waals surface area contributed by atoms with Crippen LogP contribution < -0.4 is 5.32 Å². The van der Waals surface area contributed by atoms with E-state index in [1.54, 1.807) is 11.8 Å². The van der Waals surface area contributed by atoms with Crippen molar-refractivity contribution in [1.29, 1.82) is 0 Å². The summed E-state index contributed by atoms with van der Waals surface area (Å²) in [6.45, 7) is 11.9. The summed E-state index contributed by atoms with van der Waals surface area (Å²) in [5.74, 6) is 0.0233. The first-order chi connectivity index (χ1) is 12.3. The highest BCUT2D eigenvalue weighted by atomic mass is 32.2. The van der Waals surface area contributed by atoms with E-state index in [0.29, 0.717) is 0 Å². The Balaban J connectivity index is 2.17. The zero-order valence-corrected chi connectivity index (χ0v) is 16.7. The molecule has 26 heavy (non-hydrogen) atoms. The highest BCUT2D eigenvalue weighted by Crippen LogP contribution is 2.37. The van der Waals surface area contributed by atoms with E-state index in [2.05, 4.69) is 31.0 Å². The second-order valence-electron chi connectivity index (χ2n) is 7.20. The molecule has 0 aliphatic heterocycles. The number of ether oxygens (including phenoxy) is 1. The van der Waals surface area contributed by atoms with Gasteiger partial charge in [-0.1, -0.05) is 73.8 Å². The monoisotopic (exact) mass is 369 g/mol. The van der Waals surface area contributed by atoms with Crippen LogP contribution in [-0.2, 0) is 4.74 Å². The highest BCUT2D eigenvalue weighted by molar-refractivity contribution is 8.03. The van der Waals surface area contributed by atoms with Gasteiger partial charge in [-0.25, -0.2) is 4.79 Å². The molecule has 0 aliphatic rings. The number of amides is 1. The molecule has 1 N–H and O–H groups in total. The van der Waals surface area contributed by atoms with E-state index in [-0.39, 0.29) is 12.0 Å². The Kier molecular flexibility index (Phi) is 6.92. The maximum Gasteiger partial charge on any atom is 0.408 e. The maximum absolute atomic E-state index is 12.4. The zero-order valence-electron chi connectivity index (χ0n) is 15.9. The lowest BCUT2D eigenvalue weighted by Crippen LogP contribution is -2.37. The molecule has 0 unspecified atom stereocenters. The molecule has 0 fully saturated rings. The predicted octanol–water partition coefficient (Wildman–Crippen LogP) is 6.19. The molecule has 2 rings (SSSR count). The summed E-state index contributed by atoms with van der Waals surface area (Å²) in [6.07, 6.45) is -0.421. The fourth-order valence-corrected chi connectivity index (χ4v) is 3.43. The Morgan fingerprint density at radius 3 is 2.12 bits per heavy atom. The molecule has 0 saturated heterocycles. The number of carbonyl (C=O) groups excluding carboxylic acids is 1. The number of rotatable bonds is 6. The highest BCUT2D eigenvalue weighted by Gasteiger charge is 2.26. The van der Waals surface area contributed by atoms with Gasteiger partial charge in [0.15, 0.2) is 0 Å². The van der Waals surface area contributed by atoms with Crippen molar-refractivity contribution in [3.05, 3.63) is 77.7 Å². The van der Waals surface area contributed by atoms with E-state index in [9.17, 15) is 4.79 Å². The quantitative estimate of drug-likeness (QED) is 0.617. The first-order valence-electron chi connectivity index (χ1n) is 8.72. The van der Waals surface area contributed by atoms with Crippen molar-refractivity contribution in [2.24, 2.45) is 5.92 Å². The van der Waals surface area contributed by atoms with Gasteiger partial charge in [-0.2, -0.15) is 0 Å². The van der Waals surface area contributed by atoms with Crippen LogP contribution in [0, 0.1) is 5.92 Å². The van der Waals surface area contributed by atoms with Crippen LogP contribution in [-0.4, -0.2) is 11.7 Å². The number of hydrogen-bond acceptors (Lipinski definition) is 3. The van der Waals surface area contributed by atoms with Crippen molar-refractivity contribution in [3.63, 3.8) is 0 Å². The topological polar surface area (TPSA) is 38.3 Å². The van der Waals surface area contributed by atoms with Crippen LogP contribution in [0.4, 0.5) is 4.79 Å². The summed E-state index contributed by atoms with van der Waals surface area (Å²) >= 11 is 1.63. The summed E-state index contributed by atoms with van der Waals surface area (Å²) in [6, 6.07) is 19.8. The Morgan fingerprint density at radius 1 is 1.04 bits per heavy atom. The van der Waals surface area contributed by atoms with Crippen molar-refractivity contribution in [2.75, 3.05) is 0 Å². The van der Waals surface area contributed by atoms with Gasteiger partial charge in [0.1, 0.15) is 5.60 Å². The van der Waals surface area contributed by atoms with Crippen molar-refractivity contribution in [3.8, 4) is 0 Å². The van der Waals surface area contributed by atoms with Gasteiger partial charge >= 0.3 is 6.09 Å². The lowest BCUT2D eigenvalue weighted by Gasteiger charge is -2.28. The zero-order chi connectivity index (χ0) is 19.2. The predicted molar refractivity (Wildman–Crippen MR) is 109 cm³/mol. The van der Waals surface area contributed by atoms with Gasteiger partial charge in [0.05, 0.1) is 6.04 Å². The molecule has 2 aromatic rings. The molecule has 3 nitrogen and oxygen atoms in total. The molecular weight excluding hydrogens is 342 g/mol. The van der Waals surface area contributed by atoms with Gasteiger partial charge in [0.2, 0.25) is 0 Å². The van der Waals surface area contributed by atoms with Crippen LogP contribution in [0.5, 0.6) is 0 Å². The first-order valence-corrected chi connectivity index (χ1v) is 9.54. The van der Waals surface area contributed by atoms with Crippen LogP contribution in [0.3, 0.4) is 0 Å². The summed E-state index contributed by atoms with van der Waals surface area (Å²) in [4.78, 5) is 14.5. The average Bonchev–Trinajstić information content (AvgIpc) is 2.59. The van der Waals surface area contributed by atoms with E-state index in [1.807, 2.05) is 69.3 Å². The number of alkyl carbamates (subject to hydrolysis) is 1. The van der Waals surface area contributed by atoms with Crippen molar-refractivity contribution in [1.82, 2.24) is 5.32 Å². The molecule has 0 spiro atoms. The Morgan fingerprint density at radius 2 is 1.58 bits per heavy atom. The van der Waals surface area contributed by atoms with Crippen molar-refractivity contribution in [2.45, 2.75) is 44.2 Å². The molecule has 0 saturated carbocycles. The van der Waals surface area contributed by atoms with E-state index in [4.69, 9.17) is 4.74 Å². The average molecular weight is 370 g/mol. The third-order valence-electron chi connectivity index (χ3n) is 3.83. The fourth-order valence-electron chi connectivity index (χ4n) is 2.51. The smallest absolute Gasteiger partial charge is 0.408 e. The first kappa shape index (κ1) is 20.1. The SMILES string of the molecule is C=C(Sc1ccccc1)[C@H](C)[C@H](NC(=O)OC(C)(C)C)c1ccccc1. The van der Waals surface area contributed by atoms with E-state index in [1.165, 1.54) is 0 Å². The lowest BCUT2D eigenvalue weighted by molar-refractivity contribution is 0.0493. The molecule has 1 amide bonds. The van der Waals surface area contributed by atoms with Gasteiger partial charge in [-0.3, -0.25) is 0 Å². The van der Waals surface area contributed by atoms with E-state index in [0.717, 1.165) is 15.4 Å². The number of thioether (sulfide) groups is 1. The molecule has 2 aromatic carbocycles. The van der Waals surface area contributed by atoms with E-state index >= 15 is 0 Å². The number of carbonyl (C=O) groups is 1. The molecule has 0 radical (unpaired) electrons. The van der Waals surface area contributed by atoms with Crippen LogP contribution in [0.25, 0.3) is 0 Å². The third kappa shape index (κ3) is 6.26. The minimum absolute atomic E-state index is 0.0233. The van der Waals surface area contributed by atoms with Crippen molar-refractivity contribution >= 4 is 17.9 Å². The number of nitrogens with one attached hydrogen (secondary N) is 1. The standard InChI is InChI=1S/C22H27NO2S/c1-16(17(2)26-19-14-10-7-11-15-19)20(18-12-8-6-9-13-18)23-21(24)25-22(3,4)5/h6-16,20H,2H2,1,3-5H3,(H,23,24)/t16-,20-/m0/s1.